The van der Waals surface area contributed by atoms with Gasteiger partial charge in [-0.3, -0.25) is 14.6 Å². The number of hydrogen-bond acceptors (Lipinski definition) is 9. The molecule has 0 radical (unpaired) electrons. The van der Waals surface area contributed by atoms with E-state index in [2.05, 4.69) is 27.6 Å². The Hall–Kier alpha value is -4.45. The predicted octanol–water partition coefficient (Wildman–Crippen LogP) is 4.63. The number of nitrogens with zero attached hydrogens (tertiary/aromatic N) is 6. The summed E-state index contributed by atoms with van der Waals surface area (Å²) in [5.41, 5.74) is 4.06. The van der Waals surface area contributed by atoms with E-state index in [1.807, 2.05) is 76.9 Å². The number of carbonyl (C=O) groups excluding carboxylic acids is 3. The van der Waals surface area contributed by atoms with Crippen LogP contribution in [0.3, 0.4) is 0 Å². The molecule has 242 valence electrons. The summed E-state index contributed by atoms with van der Waals surface area (Å²) < 4.78 is 11.2. The summed E-state index contributed by atoms with van der Waals surface area (Å²) in [6.45, 7) is 14.2. The van der Waals surface area contributed by atoms with Crippen molar-refractivity contribution in [3.05, 3.63) is 65.0 Å². The summed E-state index contributed by atoms with van der Waals surface area (Å²) >= 11 is 0. The fraction of sp³-hybridized carbons (Fsp3) is 0.485. The van der Waals surface area contributed by atoms with Crippen molar-refractivity contribution in [3.63, 3.8) is 0 Å². The Labute approximate surface area is 265 Å². The number of aryl methyl sites for hydroxylation is 2. The lowest BCUT2D eigenvalue weighted by Gasteiger charge is -2.33. The number of likely N-dealkylation sites (N-methyl/N-ethyl adjacent to an activating group) is 1. The minimum Gasteiger partial charge on any atom is -0.444 e. The number of hydrazine groups is 1. The third kappa shape index (κ3) is 8.81. The Kier molecular flexibility index (Phi) is 10.5. The normalized spacial score (nSPS) is 13.0. The van der Waals surface area contributed by atoms with E-state index in [-0.39, 0.29) is 44.0 Å². The summed E-state index contributed by atoms with van der Waals surface area (Å²) in [5, 5.41) is 14.8. The molecule has 0 atom stereocenters. The second kappa shape index (κ2) is 14.1. The Morgan fingerprint density at radius 1 is 1.00 bits per heavy atom. The van der Waals surface area contributed by atoms with Crippen molar-refractivity contribution in [3.8, 4) is 11.5 Å². The lowest BCUT2D eigenvalue weighted by molar-refractivity contribution is -0.151. The third-order valence-corrected chi connectivity index (χ3v) is 7.59. The Morgan fingerprint density at radius 2 is 1.67 bits per heavy atom. The zero-order valence-corrected chi connectivity index (χ0v) is 27.6. The molecule has 1 aliphatic heterocycles. The van der Waals surface area contributed by atoms with E-state index in [1.54, 1.807) is 23.9 Å². The van der Waals surface area contributed by atoms with Crippen LogP contribution in [0, 0.1) is 13.8 Å². The van der Waals surface area contributed by atoms with Gasteiger partial charge in [0.25, 0.3) is 5.91 Å². The van der Waals surface area contributed by atoms with Crippen LogP contribution in [0.4, 0.5) is 10.5 Å². The molecule has 3 amide bonds. The van der Waals surface area contributed by atoms with Crippen LogP contribution in [0.5, 0.6) is 0 Å². The van der Waals surface area contributed by atoms with Crippen LogP contribution < -0.4 is 5.32 Å². The quantitative estimate of drug-likeness (QED) is 0.327. The van der Waals surface area contributed by atoms with Crippen molar-refractivity contribution < 1.29 is 23.5 Å². The van der Waals surface area contributed by atoms with Crippen LogP contribution in [0.1, 0.15) is 57.2 Å². The molecule has 1 aromatic heterocycles. The molecule has 4 rings (SSSR count). The van der Waals surface area contributed by atoms with Crippen LogP contribution in [-0.2, 0) is 27.4 Å². The van der Waals surface area contributed by atoms with Gasteiger partial charge in [0.15, 0.2) is 0 Å². The SMILES string of the molecule is Cc1nnc(-c2ccc(C)c(NCC(=O)N(CCN(C(=O)OC(C)(C)C)C(C)C)CC(=O)N(C)N3Cc4ccccc4C3)c2)o1. The van der Waals surface area contributed by atoms with Gasteiger partial charge in [0.05, 0.1) is 6.54 Å². The molecule has 0 aliphatic carbocycles. The van der Waals surface area contributed by atoms with Crippen molar-refractivity contribution in [1.29, 1.82) is 0 Å². The maximum absolute atomic E-state index is 13.7. The van der Waals surface area contributed by atoms with Gasteiger partial charge in [-0.15, -0.1) is 10.2 Å². The molecule has 2 heterocycles. The van der Waals surface area contributed by atoms with E-state index in [0.29, 0.717) is 24.9 Å². The van der Waals surface area contributed by atoms with E-state index >= 15 is 0 Å². The molecular formula is C33H45N7O5. The first-order valence-corrected chi connectivity index (χ1v) is 15.2. The molecule has 12 heteroatoms. The van der Waals surface area contributed by atoms with E-state index < -0.39 is 11.7 Å². The van der Waals surface area contributed by atoms with Gasteiger partial charge in [-0.1, -0.05) is 30.3 Å². The number of anilines is 1. The van der Waals surface area contributed by atoms with E-state index in [4.69, 9.17) is 9.15 Å². The topological polar surface area (TPSA) is 124 Å². The minimum atomic E-state index is -0.665. The van der Waals surface area contributed by atoms with Crippen molar-refractivity contribution >= 4 is 23.6 Å². The zero-order chi connectivity index (χ0) is 32.9. The number of aromatic nitrogens is 2. The molecule has 1 N–H and O–H groups in total. The van der Waals surface area contributed by atoms with Gasteiger partial charge in [0, 0.05) is 57.4 Å². The van der Waals surface area contributed by atoms with Crippen molar-refractivity contribution in [2.75, 3.05) is 38.5 Å². The third-order valence-electron chi connectivity index (χ3n) is 7.59. The fourth-order valence-corrected chi connectivity index (χ4v) is 4.99. The number of ether oxygens (including phenoxy) is 1. The van der Waals surface area contributed by atoms with Crippen molar-refractivity contribution in [2.45, 2.75) is 73.2 Å². The molecule has 0 spiro atoms. The monoisotopic (exact) mass is 619 g/mol. The Balaban J connectivity index is 1.48. The van der Waals surface area contributed by atoms with E-state index in [9.17, 15) is 14.4 Å². The highest BCUT2D eigenvalue weighted by atomic mass is 16.6. The lowest BCUT2D eigenvalue weighted by Crippen LogP contribution is -2.51. The average molecular weight is 620 g/mol. The van der Waals surface area contributed by atoms with Gasteiger partial charge >= 0.3 is 6.09 Å². The largest absolute Gasteiger partial charge is 0.444 e. The average Bonchev–Trinajstić information content (AvgIpc) is 3.60. The number of nitrogens with one attached hydrogen (secondary N) is 1. The standard InChI is InChI=1S/C33H45N7O5/c1-22(2)40(32(43)45-33(5,6)7)16-15-38(21-30(42)37(8)39-19-26-11-9-10-12-27(26)20-39)29(41)18-34-28-17-25(14-13-23(28)3)31-36-35-24(4)44-31/h9-14,17,22,34H,15-16,18-21H2,1-8H3. The van der Waals surface area contributed by atoms with Crippen LogP contribution >= 0.6 is 0 Å². The fourth-order valence-electron chi connectivity index (χ4n) is 4.99. The molecule has 0 saturated carbocycles. The summed E-state index contributed by atoms with van der Waals surface area (Å²) in [6.07, 6.45) is -0.468. The lowest BCUT2D eigenvalue weighted by atomic mass is 10.1. The molecule has 2 aromatic carbocycles. The van der Waals surface area contributed by atoms with Crippen LogP contribution in [0.25, 0.3) is 11.5 Å². The first-order valence-electron chi connectivity index (χ1n) is 15.2. The smallest absolute Gasteiger partial charge is 0.410 e. The molecule has 0 unspecified atom stereocenters. The summed E-state index contributed by atoms with van der Waals surface area (Å²) in [4.78, 5) is 43.3. The number of rotatable bonds is 11. The summed E-state index contributed by atoms with van der Waals surface area (Å²) in [7, 11) is 1.73. The molecule has 1 aliphatic rings. The number of hydrogen-bond donors (Lipinski definition) is 1. The van der Waals surface area contributed by atoms with Gasteiger partial charge in [0.2, 0.25) is 17.7 Å². The van der Waals surface area contributed by atoms with Gasteiger partial charge in [-0.2, -0.15) is 0 Å². The number of benzene rings is 2. The molecular weight excluding hydrogens is 574 g/mol. The van der Waals surface area contributed by atoms with E-state index in [0.717, 1.165) is 16.8 Å². The van der Waals surface area contributed by atoms with Gasteiger partial charge in [-0.05, 0) is 70.4 Å². The Morgan fingerprint density at radius 3 is 2.24 bits per heavy atom. The van der Waals surface area contributed by atoms with Crippen LogP contribution in [-0.4, -0.2) is 92.8 Å². The Bertz CT molecular complexity index is 1490. The van der Waals surface area contributed by atoms with Gasteiger partial charge in [-0.25, -0.2) is 9.80 Å². The zero-order valence-electron chi connectivity index (χ0n) is 27.6. The highest BCUT2D eigenvalue weighted by molar-refractivity contribution is 5.87. The van der Waals surface area contributed by atoms with Crippen molar-refractivity contribution in [2.24, 2.45) is 0 Å². The maximum atomic E-state index is 13.7. The van der Waals surface area contributed by atoms with Crippen LogP contribution in [0.15, 0.2) is 46.9 Å². The minimum absolute atomic E-state index is 0.0621. The second-order valence-corrected chi connectivity index (χ2v) is 12.6. The van der Waals surface area contributed by atoms with E-state index in [1.165, 1.54) is 16.0 Å². The van der Waals surface area contributed by atoms with Crippen molar-refractivity contribution in [1.82, 2.24) is 30.0 Å². The number of amides is 3. The number of carbonyl (C=O) groups is 3. The predicted molar refractivity (Wildman–Crippen MR) is 171 cm³/mol. The van der Waals surface area contributed by atoms with Gasteiger partial charge < -0.3 is 24.3 Å². The van der Waals surface area contributed by atoms with Crippen LogP contribution in [0.2, 0.25) is 0 Å². The molecule has 45 heavy (non-hydrogen) atoms. The highest BCUT2D eigenvalue weighted by Gasteiger charge is 2.29. The highest BCUT2D eigenvalue weighted by Crippen LogP contribution is 2.25. The summed E-state index contributed by atoms with van der Waals surface area (Å²) in [6, 6.07) is 13.6. The molecule has 0 bridgehead atoms. The maximum Gasteiger partial charge on any atom is 0.410 e. The molecule has 0 saturated heterocycles. The number of fused-ring (bicyclic) bond motifs is 1. The van der Waals surface area contributed by atoms with Gasteiger partial charge in [0.1, 0.15) is 12.1 Å². The molecule has 12 nitrogen and oxygen atoms in total. The second-order valence-electron chi connectivity index (χ2n) is 12.6. The first kappa shape index (κ1) is 33.4. The molecule has 3 aromatic rings. The molecule has 0 fully saturated rings. The summed E-state index contributed by atoms with van der Waals surface area (Å²) in [5.74, 6) is 0.333. The first-order chi connectivity index (χ1) is 21.2.